The van der Waals surface area contributed by atoms with Crippen LogP contribution in [0.1, 0.15) is 25.5 Å². The van der Waals surface area contributed by atoms with Crippen LogP contribution in [-0.2, 0) is 12.1 Å². The molecule has 0 atom stereocenters. The molecule has 0 radical (unpaired) electrons. The SMILES string of the molecule is Cc1nnc2n1-c1c(cc(F)c(-c3cc(F)cc4c3ccn4CC(F)(F)F)c1F)NC2(C)C. The minimum absolute atomic E-state index is 0.0460. The average Bonchev–Trinajstić information content (AvgIpc) is 3.24. The molecule has 0 amide bonds. The van der Waals surface area contributed by atoms with Crippen molar-refractivity contribution in [1.82, 2.24) is 19.3 Å². The molecule has 1 N–H and O–H groups in total. The predicted molar refractivity (Wildman–Crippen MR) is 110 cm³/mol. The maximum absolute atomic E-state index is 16.0. The van der Waals surface area contributed by atoms with Crippen molar-refractivity contribution in [2.24, 2.45) is 0 Å². The Hall–Kier alpha value is -3.50. The molecular weight excluding hydrogens is 448 g/mol. The molecule has 0 fully saturated rings. The predicted octanol–water partition coefficient (Wildman–Crippen LogP) is 5.84. The lowest BCUT2D eigenvalue weighted by molar-refractivity contribution is -0.139. The van der Waals surface area contributed by atoms with Gasteiger partial charge in [-0.15, -0.1) is 10.2 Å². The molecule has 0 spiro atoms. The summed E-state index contributed by atoms with van der Waals surface area (Å²) < 4.78 is 86.8. The second-order valence-electron chi connectivity index (χ2n) is 8.54. The lowest BCUT2D eigenvalue weighted by Crippen LogP contribution is -2.36. The number of aryl methyl sites for hydroxylation is 1. The lowest BCUT2D eigenvalue weighted by atomic mass is 9.95. The fourth-order valence-electron chi connectivity index (χ4n) is 4.40. The van der Waals surface area contributed by atoms with Gasteiger partial charge in [-0.05, 0) is 44.5 Å². The molecule has 0 saturated carbocycles. The first-order valence-corrected chi connectivity index (χ1v) is 9.96. The molecule has 5 rings (SSSR count). The van der Waals surface area contributed by atoms with Crippen molar-refractivity contribution in [1.29, 1.82) is 0 Å². The third kappa shape index (κ3) is 3.25. The molecule has 172 valence electrons. The van der Waals surface area contributed by atoms with Gasteiger partial charge in [0, 0.05) is 17.6 Å². The third-order valence-corrected chi connectivity index (χ3v) is 5.72. The maximum atomic E-state index is 16.0. The van der Waals surface area contributed by atoms with E-state index in [2.05, 4.69) is 15.5 Å². The molecule has 0 bridgehead atoms. The second kappa shape index (κ2) is 6.75. The van der Waals surface area contributed by atoms with Gasteiger partial charge in [-0.25, -0.2) is 13.2 Å². The standard InChI is InChI=1S/C22H17F6N5/c1-10-30-31-20-21(2,3)29-15-8-14(24)17(18(25)19(15)33(10)20)13-6-11(23)7-16-12(13)4-5-32(16)9-22(26,27)28/h4-8,29H,9H2,1-3H3. The fraction of sp³-hybridized carbons (Fsp3) is 0.273. The summed E-state index contributed by atoms with van der Waals surface area (Å²) in [5, 5.41) is 11.2. The molecule has 1 aliphatic heterocycles. The van der Waals surface area contributed by atoms with Crippen molar-refractivity contribution in [3.05, 3.63) is 59.6 Å². The summed E-state index contributed by atoms with van der Waals surface area (Å²) in [6.45, 7) is 3.80. The number of rotatable bonds is 2. The molecule has 2 aromatic carbocycles. The van der Waals surface area contributed by atoms with Crippen LogP contribution in [0.25, 0.3) is 27.7 Å². The van der Waals surface area contributed by atoms with Crippen LogP contribution >= 0.6 is 0 Å². The summed E-state index contributed by atoms with van der Waals surface area (Å²) in [6, 6.07) is 4.19. The van der Waals surface area contributed by atoms with Crippen LogP contribution in [0.2, 0.25) is 0 Å². The molecule has 4 aromatic rings. The Morgan fingerprint density at radius 1 is 1.06 bits per heavy atom. The van der Waals surface area contributed by atoms with Gasteiger partial charge >= 0.3 is 6.18 Å². The van der Waals surface area contributed by atoms with E-state index < -0.39 is 41.3 Å². The van der Waals surface area contributed by atoms with Gasteiger partial charge in [-0.2, -0.15) is 13.2 Å². The average molecular weight is 465 g/mol. The Kier molecular flexibility index (Phi) is 4.37. The van der Waals surface area contributed by atoms with Crippen LogP contribution in [0, 0.1) is 24.4 Å². The molecule has 11 heteroatoms. The highest BCUT2D eigenvalue weighted by atomic mass is 19.4. The number of hydrogen-bond donors (Lipinski definition) is 1. The van der Waals surface area contributed by atoms with Gasteiger partial charge < -0.3 is 9.88 Å². The largest absolute Gasteiger partial charge is 0.406 e. The summed E-state index contributed by atoms with van der Waals surface area (Å²) in [4.78, 5) is 0. The van der Waals surface area contributed by atoms with Crippen molar-refractivity contribution < 1.29 is 26.3 Å². The van der Waals surface area contributed by atoms with Gasteiger partial charge in [-0.3, -0.25) is 4.57 Å². The molecule has 0 saturated heterocycles. The number of benzene rings is 2. The molecule has 1 aliphatic rings. The van der Waals surface area contributed by atoms with Crippen LogP contribution in [0.15, 0.2) is 30.5 Å². The van der Waals surface area contributed by atoms with E-state index in [0.717, 1.165) is 29.0 Å². The van der Waals surface area contributed by atoms with E-state index in [1.54, 1.807) is 20.8 Å². The smallest absolute Gasteiger partial charge is 0.371 e. The molecule has 5 nitrogen and oxygen atoms in total. The molecule has 0 aliphatic carbocycles. The van der Waals surface area contributed by atoms with E-state index in [1.165, 1.54) is 10.6 Å². The van der Waals surface area contributed by atoms with Crippen molar-refractivity contribution in [3.8, 4) is 16.8 Å². The highest BCUT2D eigenvalue weighted by molar-refractivity contribution is 5.97. The van der Waals surface area contributed by atoms with Crippen molar-refractivity contribution in [2.45, 2.75) is 39.0 Å². The monoisotopic (exact) mass is 465 g/mol. The van der Waals surface area contributed by atoms with Crippen LogP contribution < -0.4 is 5.32 Å². The summed E-state index contributed by atoms with van der Waals surface area (Å²) in [5.41, 5.74) is -1.55. The van der Waals surface area contributed by atoms with E-state index in [-0.39, 0.29) is 27.8 Å². The first kappa shape index (κ1) is 21.4. The zero-order chi connectivity index (χ0) is 23.9. The number of fused-ring (bicyclic) bond motifs is 4. The Labute approximate surface area is 183 Å². The zero-order valence-electron chi connectivity index (χ0n) is 17.7. The van der Waals surface area contributed by atoms with Crippen LogP contribution in [0.3, 0.4) is 0 Å². The minimum atomic E-state index is -4.55. The van der Waals surface area contributed by atoms with Gasteiger partial charge in [0.2, 0.25) is 0 Å². The quantitative estimate of drug-likeness (QED) is 0.379. The van der Waals surface area contributed by atoms with Crippen LogP contribution in [0.4, 0.5) is 32.0 Å². The maximum Gasteiger partial charge on any atom is 0.406 e. The number of anilines is 1. The Bertz CT molecular complexity index is 1430. The third-order valence-electron chi connectivity index (χ3n) is 5.72. The highest BCUT2D eigenvalue weighted by Crippen LogP contribution is 2.44. The topological polar surface area (TPSA) is 47.7 Å². The molecular formula is C22H17F6N5. The van der Waals surface area contributed by atoms with Gasteiger partial charge in [0.05, 0.1) is 22.3 Å². The summed E-state index contributed by atoms with van der Waals surface area (Å²) in [5.74, 6) is -2.16. The second-order valence-corrected chi connectivity index (χ2v) is 8.54. The van der Waals surface area contributed by atoms with E-state index >= 15 is 8.78 Å². The van der Waals surface area contributed by atoms with Gasteiger partial charge in [0.25, 0.3) is 0 Å². The van der Waals surface area contributed by atoms with E-state index in [4.69, 9.17) is 0 Å². The highest BCUT2D eigenvalue weighted by Gasteiger charge is 2.37. The number of hydrogen-bond acceptors (Lipinski definition) is 3. The van der Waals surface area contributed by atoms with Crippen molar-refractivity contribution in [2.75, 3.05) is 5.32 Å². The van der Waals surface area contributed by atoms with E-state index in [1.807, 2.05) is 0 Å². The fourth-order valence-corrected chi connectivity index (χ4v) is 4.40. The van der Waals surface area contributed by atoms with Crippen molar-refractivity contribution in [3.63, 3.8) is 0 Å². The number of nitrogens with one attached hydrogen (secondary N) is 1. The number of halogens is 6. The number of aromatic nitrogens is 4. The minimum Gasteiger partial charge on any atom is -0.371 e. The molecule has 33 heavy (non-hydrogen) atoms. The summed E-state index contributed by atoms with van der Waals surface area (Å²) in [6.07, 6.45) is -3.44. The van der Waals surface area contributed by atoms with Gasteiger partial charge in [0.15, 0.2) is 11.6 Å². The van der Waals surface area contributed by atoms with E-state index in [0.29, 0.717) is 11.6 Å². The van der Waals surface area contributed by atoms with Gasteiger partial charge in [-0.1, -0.05) is 0 Å². The van der Waals surface area contributed by atoms with Crippen LogP contribution in [-0.4, -0.2) is 25.5 Å². The Morgan fingerprint density at radius 3 is 2.48 bits per heavy atom. The summed E-state index contributed by atoms with van der Waals surface area (Å²) in [7, 11) is 0. The molecule has 2 aromatic heterocycles. The zero-order valence-corrected chi connectivity index (χ0v) is 17.7. The van der Waals surface area contributed by atoms with Crippen molar-refractivity contribution >= 4 is 16.6 Å². The first-order valence-electron chi connectivity index (χ1n) is 9.96. The first-order chi connectivity index (χ1) is 15.4. The molecule has 0 unspecified atom stereocenters. The lowest BCUT2D eigenvalue weighted by Gasteiger charge is -2.34. The van der Waals surface area contributed by atoms with E-state index in [9.17, 15) is 17.6 Å². The molecule has 3 heterocycles. The normalized spacial score (nSPS) is 14.8. The number of alkyl halides is 3. The summed E-state index contributed by atoms with van der Waals surface area (Å²) >= 11 is 0. The Balaban J connectivity index is 1.79. The number of nitrogens with zero attached hydrogens (tertiary/aromatic N) is 4. The Morgan fingerprint density at radius 2 is 1.79 bits per heavy atom. The van der Waals surface area contributed by atoms with Gasteiger partial charge in [0.1, 0.15) is 29.7 Å². The van der Waals surface area contributed by atoms with Crippen LogP contribution in [0.5, 0.6) is 0 Å².